The van der Waals surface area contributed by atoms with Gasteiger partial charge in [0.25, 0.3) is 5.69 Å². The normalized spacial score (nSPS) is 11.4. The van der Waals surface area contributed by atoms with E-state index in [9.17, 15) is 14.9 Å². The number of ketones is 1. The number of aromatic nitrogens is 1. The van der Waals surface area contributed by atoms with E-state index < -0.39 is 4.92 Å². The lowest BCUT2D eigenvalue weighted by Gasteiger charge is -1.99. The Morgan fingerprint density at radius 2 is 1.67 bits per heavy atom. The van der Waals surface area contributed by atoms with E-state index in [1.54, 1.807) is 6.08 Å². The number of para-hydroxylation sites is 1. The summed E-state index contributed by atoms with van der Waals surface area (Å²) in [5.74, 6) is -0.192. The van der Waals surface area contributed by atoms with Gasteiger partial charge in [0.1, 0.15) is 0 Å². The van der Waals surface area contributed by atoms with Crippen molar-refractivity contribution in [2.75, 3.05) is 0 Å². The molecular formula is C22H16N2O3. The molecule has 0 atom stereocenters. The zero-order valence-corrected chi connectivity index (χ0v) is 14.6. The predicted octanol–water partition coefficient (Wildman–Crippen LogP) is 5.14. The first kappa shape index (κ1) is 16.7. The third-order valence-corrected chi connectivity index (χ3v) is 4.73. The van der Waals surface area contributed by atoms with Crippen LogP contribution in [-0.4, -0.2) is 15.3 Å². The van der Waals surface area contributed by atoms with Crippen LogP contribution in [0.5, 0.6) is 0 Å². The van der Waals surface area contributed by atoms with Crippen molar-refractivity contribution in [3.8, 4) is 0 Å². The monoisotopic (exact) mass is 356 g/mol. The van der Waals surface area contributed by atoms with E-state index in [2.05, 4.69) is 22.8 Å². The molecule has 0 fully saturated rings. The lowest BCUT2D eigenvalue weighted by atomic mass is 10.1. The Labute approximate surface area is 155 Å². The Balaban J connectivity index is 1.65. The van der Waals surface area contributed by atoms with Crippen LogP contribution in [0.3, 0.4) is 0 Å². The number of rotatable bonds is 4. The Kier molecular flexibility index (Phi) is 4.05. The maximum Gasteiger partial charge on any atom is 0.269 e. The average Bonchev–Trinajstić information content (AvgIpc) is 2.98. The van der Waals surface area contributed by atoms with Crippen LogP contribution in [0, 0.1) is 10.1 Å². The fourth-order valence-electron chi connectivity index (χ4n) is 3.30. The second-order valence-electron chi connectivity index (χ2n) is 6.35. The first-order valence-electron chi connectivity index (χ1n) is 8.48. The highest BCUT2D eigenvalue weighted by Gasteiger charge is 2.09. The molecule has 1 heterocycles. The minimum atomic E-state index is -0.483. The molecular weight excluding hydrogens is 340 g/mol. The fraction of sp³-hybridized carbons (Fsp3) is 0.0455. The van der Waals surface area contributed by atoms with Crippen molar-refractivity contribution in [3.05, 3.63) is 94.0 Å². The molecule has 5 nitrogen and oxygen atoms in total. The van der Waals surface area contributed by atoms with Crippen molar-refractivity contribution in [1.29, 1.82) is 0 Å². The molecule has 0 saturated heterocycles. The highest BCUT2D eigenvalue weighted by atomic mass is 16.6. The van der Waals surface area contributed by atoms with Crippen molar-refractivity contribution in [3.63, 3.8) is 0 Å². The topological polar surface area (TPSA) is 65.1 Å². The summed E-state index contributed by atoms with van der Waals surface area (Å²) < 4.78 is 2.15. The van der Waals surface area contributed by atoms with E-state index in [0.29, 0.717) is 5.56 Å². The number of nitro groups is 1. The summed E-state index contributed by atoms with van der Waals surface area (Å²) in [5.41, 5.74) is 3.61. The largest absolute Gasteiger partial charge is 0.344 e. The SMILES string of the molecule is Cn1c2ccccc2c2cc(/C=C/C(=O)c3ccc([N+](=O)[O-])cc3)ccc21. The number of hydrogen-bond acceptors (Lipinski definition) is 3. The molecule has 3 aromatic carbocycles. The number of non-ortho nitro benzene ring substituents is 1. The quantitative estimate of drug-likeness (QED) is 0.220. The second kappa shape index (κ2) is 6.53. The summed E-state index contributed by atoms with van der Waals surface area (Å²) in [4.78, 5) is 22.5. The number of nitro benzene ring substituents is 1. The molecule has 0 saturated carbocycles. The Morgan fingerprint density at radius 3 is 2.41 bits per heavy atom. The molecule has 0 radical (unpaired) electrons. The van der Waals surface area contributed by atoms with Crippen LogP contribution in [0.25, 0.3) is 27.9 Å². The number of benzene rings is 3. The van der Waals surface area contributed by atoms with Crippen LogP contribution in [0.4, 0.5) is 5.69 Å². The minimum Gasteiger partial charge on any atom is -0.344 e. The number of carbonyl (C=O) groups is 1. The summed E-state index contributed by atoms with van der Waals surface area (Å²) in [7, 11) is 2.04. The van der Waals surface area contributed by atoms with E-state index >= 15 is 0 Å². The van der Waals surface area contributed by atoms with E-state index in [1.807, 2.05) is 31.3 Å². The molecule has 0 bridgehead atoms. The number of hydrogen-bond donors (Lipinski definition) is 0. The van der Waals surface area contributed by atoms with Crippen LogP contribution in [0.1, 0.15) is 15.9 Å². The first-order valence-corrected chi connectivity index (χ1v) is 8.48. The van der Waals surface area contributed by atoms with Gasteiger partial charge >= 0.3 is 0 Å². The van der Waals surface area contributed by atoms with Crippen molar-refractivity contribution >= 4 is 39.4 Å². The molecule has 5 heteroatoms. The van der Waals surface area contributed by atoms with Crippen molar-refractivity contribution in [2.24, 2.45) is 7.05 Å². The minimum absolute atomic E-state index is 0.0306. The van der Waals surface area contributed by atoms with E-state index in [4.69, 9.17) is 0 Å². The van der Waals surface area contributed by atoms with Gasteiger partial charge in [-0.05, 0) is 42.0 Å². The Bertz CT molecular complexity index is 1220. The molecule has 4 rings (SSSR count). The molecule has 1 aromatic heterocycles. The molecule has 0 aliphatic carbocycles. The highest BCUT2D eigenvalue weighted by Crippen LogP contribution is 2.29. The summed E-state index contributed by atoms with van der Waals surface area (Å²) >= 11 is 0. The highest BCUT2D eigenvalue weighted by molar-refractivity contribution is 6.10. The van der Waals surface area contributed by atoms with E-state index in [1.165, 1.54) is 35.7 Å². The van der Waals surface area contributed by atoms with Gasteiger partial charge in [-0.15, -0.1) is 0 Å². The van der Waals surface area contributed by atoms with Crippen molar-refractivity contribution in [2.45, 2.75) is 0 Å². The fourth-order valence-corrected chi connectivity index (χ4v) is 3.30. The molecule has 132 valence electrons. The molecule has 0 aliphatic rings. The van der Waals surface area contributed by atoms with Crippen LogP contribution in [-0.2, 0) is 7.05 Å². The van der Waals surface area contributed by atoms with Crippen molar-refractivity contribution < 1.29 is 9.72 Å². The maximum absolute atomic E-state index is 12.3. The van der Waals surface area contributed by atoms with Gasteiger partial charge in [-0.1, -0.05) is 30.3 Å². The Hall–Kier alpha value is -3.73. The van der Waals surface area contributed by atoms with Gasteiger partial charge < -0.3 is 4.57 Å². The van der Waals surface area contributed by atoms with Gasteiger partial charge in [0, 0.05) is 46.5 Å². The molecule has 4 aromatic rings. The lowest BCUT2D eigenvalue weighted by molar-refractivity contribution is -0.384. The van der Waals surface area contributed by atoms with E-state index in [-0.39, 0.29) is 11.5 Å². The van der Waals surface area contributed by atoms with Crippen LogP contribution in [0.2, 0.25) is 0 Å². The van der Waals surface area contributed by atoms with Gasteiger partial charge in [0.05, 0.1) is 4.92 Å². The maximum atomic E-state index is 12.3. The van der Waals surface area contributed by atoms with Gasteiger partial charge in [-0.3, -0.25) is 14.9 Å². The molecule has 27 heavy (non-hydrogen) atoms. The number of allylic oxidation sites excluding steroid dienone is 1. The van der Waals surface area contributed by atoms with Gasteiger partial charge in [0.2, 0.25) is 0 Å². The van der Waals surface area contributed by atoms with Crippen LogP contribution < -0.4 is 0 Å². The summed E-state index contributed by atoms with van der Waals surface area (Å²) in [6.07, 6.45) is 3.26. The predicted molar refractivity (Wildman–Crippen MR) is 107 cm³/mol. The number of carbonyl (C=O) groups excluding carboxylic acids is 1. The van der Waals surface area contributed by atoms with Crippen LogP contribution in [0.15, 0.2) is 72.8 Å². The average molecular weight is 356 g/mol. The molecule has 0 spiro atoms. The second-order valence-corrected chi connectivity index (χ2v) is 6.35. The van der Waals surface area contributed by atoms with Crippen LogP contribution >= 0.6 is 0 Å². The first-order chi connectivity index (χ1) is 13.0. The van der Waals surface area contributed by atoms with E-state index in [0.717, 1.165) is 22.0 Å². The number of nitrogens with zero attached hydrogens (tertiary/aromatic N) is 2. The summed E-state index contributed by atoms with van der Waals surface area (Å²) in [5, 5.41) is 13.0. The van der Waals surface area contributed by atoms with Crippen molar-refractivity contribution in [1.82, 2.24) is 4.57 Å². The van der Waals surface area contributed by atoms with Gasteiger partial charge in [-0.2, -0.15) is 0 Å². The Morgan fingerprint density at radius 1 is 0.963 bits per heavy atom. The summed E-state index contributed by atoms with van der Waals surface area (Å²) in [6, 6.07) is 19.9. The van der Waals surface area contributed by atoms with Gasteiger partial charge in [-0.25, -0.2) is 0 Å². The number of aryl methyl sites for hydroxylation is 1. The third kappa shape index (κ3) is 3.00. The molecule has 0 amide bonds. The smallest absolute Gasteiger partial charge is 0.269 e. The standard InChI is InChI=1S/C22H16N2O3/c1-23-20-5-3-2-4-18(20)19-14-15(6-12-21(19)23)7-13-22(25)16-8-10-17(11-9-16)24(26)27/h2-14H,1H3/b13-7+. The lowest BCUT2D eigenvalue weighted by Crippen LogP contribution is -1.95. The third-order valence-electron chi connectivity index (χ3n) is 4.73. The zero-order chi connectivity index (χ0) is 19.0. The number of fused-ring (bicyclic) bond motifs is 3. The molecule has 0 aliphatic heterocycles. The zero-order valence-electron chi connectivity index (χ0n) is 14.6. The molecule has 0 unspecified atom stereocenters. The molecule has 0 N–H and O–H groups in total. The van der Waals surface area contributed by atoms with Gasteiger partial charge in [0.15, 0.2) is 5.78 Å². The summed E-state index contributed by atoms with van der Waals surface area (Å²) in [6.45, 7) is 0.